The first kappa shape index (κ1) is 12.6. The Morgan fingerprint density at radius 1 is 1.18 bits per heavy atom. The Balaban J connectivity index is 1.93. The van der Waals surface area contributed by atoms with Gasteiger partial charge in [-0.1, -0.05) is 29.3 Å². The number of aryl methyl sites for hydroxylation is 2. The van der Waals surface area contributed by atoms with Crippen molar-refractivity contribution in [3.8, 4) is 0 Å². The fourth-order valence-electron chi connectivity index (χ4n) is 2.60. The molecule has 1 N–H and O–H groups in total. The number of rotatable bonds is 4. The Morgan fingerprint density at radius 2 is 1.76 bits per heavy atom. The van der Waals surface area contributed by atoms with Crippen LogP contribution in [-0.2, 0) is 4.74 Å². The minimum Gasteiger partial charge on any atom is -0.381 e. The SMILES string of the molecule is COC1CC(NC(C)c2cc(C)cc(C)c2)C1. The fraction of sp³-hybridized carbons (Fsp3) is 0.600. The average Bonchev–Trinajstić information content (AvgIpc) is 2.21. The van der Waals surface area contributed by atoms with E-state index in [0.29, 0.717) is 18.2 Å². The van der Waals surface area contributed by atoms with Crippen molar-refractivity contribution in [3.63, 3.8) is 0 Å². The van der Waals surface area contributed by atoms with Crippen LogP contribution >= 0.6 is 0 Å². The van der Waals surface area contributed by atoms with Gasteiger partial charge in [0.25, 0.3) is 0 Å². The molecule has 0 heterocycles. The maximum absolute atomic E-state index is 5.30. The Labute approximate surface area is 104 Å². The molecule has 0 amide bonds. The van der Waals surface area contributed by atoms with Gasteiger partial charge in [0.1, 0.15) is 0 Å². The molecule has 17 heavy (non-hydrogen) atoms. The summed E-state index contributed by atoms with van der Waals surface area (Å²) < 4.78 is 5.30. The number of ether oxygens (including phenoxy) is 1. The summed E-state index contributed by atoms with van der Waals surface area (Å²) in [6.45, 7) is 6.56. The average molecular weight is 233 g/mol. The maximum atomic E-state index is 5.30. The number of nitrogens with one attached hydrogen (secondary N) is 1. The van der Waals surface area contributed by atoms with Crippen molar-refractivity contribution in [2.45, 2.75) is 51.8 Å². The molecule has 1 unspecified atom stereocenters. The molecule has 2 heteroatoms. The van der Waals surface area contributed by atoms with Gasteiger partial charge < -0.3 is 10.1 Å². The normalized spacial score (nSPS) is 25.4. The second kappa shape index (κ2) is 5.19. The van der Waals surface area contributed by atoms with Crippen LogP contribution < -0.4 is 5.32 Å². The molecule has 1 aliphatic rings. The molecule has 1 aliphatic carbocycles. The molecule has 1 fully saturated rings. The van der Waals surface area contributed by atoms with Crippen molar-refractivity contribution in [1.29, 1.82) is 0 Å². The zero-order valence-corrected chi connectivity index (χ0v) is 11.3. The Hall–Kier alpha value is -0.860. The Kier molecular flexibility index (Phi) is 3.85. The Morgan fingerprint density at radius 3 is 2.29 bits per heavy atom. The highest BCUT2D eigenvalue weighted by molar-refractivity contribution is 5.30. The van der Waals surface area contributed by atoms with Crippen LogP contribution in [0.4, 0.5) is 0 Å². The summed E-state index contributed by atoms with van der Waals surface area (Å²) in [6, 6.07) is 7.82. The minimum atomic E-state index is 0.427. The predicted molar refractivity (Wildman–Crippen MR) is 71.3 cm³/mol. The van der Waals surface area contributed by atoms with E-state index in [1.807, 2.05) is 0 Å². The van der Waals surface area contributed by atoms with Gasteiger partial charge in [0.05, 0.1) is 6.10 Å². The lowest BCUT2D eigenvalue weighted by Crippen LogP contribution is -2.45. The summed E-state index contributed by atoms with van der Waals surface area (Å²) in [5.74, 6) is 0. The topological polar surface area (TPSA) is 21.3 Å². The van der Waals surface area contributed by atoms with Gasteiger partial charge in [0, 0.05) is 19.2 Å². The molecule has 1 aromatic rings. The number of hydrogen-bond acceptors (Lipinski definition) is 2. The third kappa shape index (κ3) is 3.08. The van der Waals surface area contributed by atoms with Crippen molar-refractivity contribution < 1.29 is 4.74 Å². The first-order valence-corrected chi connectivity index (χ1v) is 6.45. The van der Waals surface area contributed by atoms with Crippen LogP contribution in [0.2, 0.25) is 0 Å². The summed E-state index contributed by atoms with van der Waals surface area (Å²) >= 11 is 0. The summed E-state index contributed by atoms with van der Waals surface area (Å²) in [5.41, 5.74) is 4.08. The molecule has 0 aliphatic heterocycles. The van der Waals surface area contributed by atoms with Crippen molar-refractivity contribution in [2.24, 2.45) is 0 Å². The third-order valence-corrected chi connectivity index (χ3v) is 3.66. The first-order chi connectivity index (χ1) is 8.08. The lowest BCUT2D eigenvalue weighted by Gasteiger charge is -2.36. The quantitative estimate of drug-likeness (QED) is 0.862. The van der Waals surface area contributed by atoms with Crippen LogP contribution in [0.15, 0.2) is 18.2 Å². The van der Waals surface area contributed by atoms with Crippen molar-refractivity contribution in [3.05, 3.63) is 34.9 Å². The van der Waals surface area contributed by atoms with Crippen LogP contribution in [0.1, 0.15) is 42.5 Å². The molecule has 94 valence electrons. The van der Waals surface area contributed by atoms with Gasteiger partial charge in [0.15, 0.2) is 0 Å². The van der Waals surface area contributed by atoms with E-state index < -0.39 is 0 Å². The summed E-state index contributed by atoms with van der Waals surface area (Å²) in [6.07, 6.45) is 2.76. The molecule has 1 aromatic carbocycles. The van der Waals surface area contributed by atoms with Gasteiger partial charge in [0.2, 0.25) is 0 Å². The van der Waals surface area contributed by atoms with Gasteiger partial charge in [-0.25, -0.2) is 0 Å². The number of benzene rings is 1. The molecule has 0 aromatic heterocycles. The number of hydrogen-bond donors (Lipinski definition) is 1. The van der Waals surface area contributed by atoms with E-state index in [4.69, 9.17) is 4.74 Å². The highest BCUT2D eigenvalue weighted by Crippen LogP contribution is 2.26. The first-order valence-electron chi connectivity index (χ1n) is 6.45. The lowest BCUT2D eigenvalue weighted by molar-refractivity contribution is 0.0147. The minimum absolute atomic E-state index is 0.427. The molecule has 2 nitrogen and oxygen atoms in total. The van der Waals surface area contributed by atoms with Crippen molar-refractivity contribution in [1.82, 2.24) is 5.32 Å². The van der Waals surface area contributed by atoms with E-state index in [1.54, 1.807) is 7.11 Å². The van der Waals surface area contributed by atoms with E-state index >= 15 is 0 Å². The smallest absolute Gasteiger partial charge is 0.0601 e. The highest BCUT2D eigenvalue weighted by Gasteiger charge is 2.29. The molecule has 0 spiro atoms. The molecule has 0 bridgehead atoms. The standard InChI is InChI=1S/C15H23NO/c1-10-5-11(2)7-13(6-10)12(3)16-14-8-15(9-14)17-4/h5-7,12,14-16H,8-9H2,1-4H3. The van der Waals surface area contributed by atoms with Gasteiger partial charge in [-0.05, 0) is 39.2 Å². The van der Waals surface area contributed by atoms with Crippen LogP contribution in [-0.4, -0.2) is 19.3 Å². The predicted octanol–water partition coefficient (Wildman–Crippen LogP) is 3.13. The van der Waals surface area contributed by atoms with E-state index in [1.165, 1.54) is 16.7 Å². The Bertz CT molecular complexity index is 362. The monoisotopic (exact) mass is 233 g/mol. The van der Waals surface area contributed by atoms with Gasteiger partial charge in [-0.2, -0.15) is 0 Å². The molecule has 2 rings (SSSR count). The zero-order chi connectivity index (χ0) is 12.4. The van der Waals surface area contributed by atoms with Crippen molar-refractivity contribution in [2.75, 3.05) is 7.11 Å². The van der Waals surface area contributed by atoms with Gasteiger partial charge >= 0.3 is 0 Å². The van der Waals surface area contributed by atoms with Crippen LogP contribution in [0, 0.1) is 13.8 Å². The second-order valence-corrected chi connectivity index (χ2v) is 5.34. The summed E-state index contributed by atoms with van der Waals surface area (Å²) in [7, 11) is 1.80. The zero-order valence-electron chi connectivity index (χ0n) is 11.3. The molecule has 0 saturated heterocycles. The van der Waals surface area contributed by atoms with Crippen molar-refractivity contribution >= 4 is 0 Å². The maximum Gasteiger partial charge on any atom is 0.0601 e. The molecule has 1 atom stereocenters. The van der Waals surface area contributed by atoms with E-state index in [2.05, 4.69) is 44.3 Å². The fourth-order valence-corrected chi connectivity index (χ4v) is 2.60. The van der Waals surface area contributed by atoms with Crippen LogP contribution in [0.3, 0.4) is 0 Å². The molecular weight excluding hydrogens is 210 g/mol. The molecule has 1 saturated carbocycles. The highest BCUT2D eigenvalue weighted by atomic mass is 16.5. The van der Waals surface area contributed by atoms with Gasteiger partial charge in [-0.15, -0.1) is 0 Å². The molecule has 0 radical (unpaired) electrons. The van der Waals surface area contributed by atoms with E-state index in [0.717, 1.165) is 12.8 Å². The largest absolute Gasteiger partial charge is 0.381 e. The second-order valence-electron chi connectivity index (χ2n) is 5.34. The van der Waals surface area contributed by atoms with Crippen LogP contribution in [0.25, 0.3) is 0 Å². The lowest BCUT2D eigenvalue weighted by atomic mass is 9.88. The van der Waals surface area contributed by atoms with E-state index in [-0.39, 0.29) is 0 Å². The van der Waals surface area contributed by atoms with Crippen LogP contribution in [0.5, 0.6) is 0 Å². The molecular formula is C15H23NO. The summed E-state index contributed by atoms with van der Waals surface area (Å²) in [4.78, 5) is 0. The van der Waals surface area contributed by atoms with Gasteiger partial charge in [-0.3, -0.25) is 0 Å². The number of methoxy groups -OCH3 is 1. The summed E-state index contributed by atoms with van der Waals surface area (Å²) in [5, 5.41) is 3.67. The third-order valence-electron chi connectivity index (χ3n) is 3.66. The van der Waals surface area contributed by atoms with E-state index in [9.17, 15) is 0 Å².